The summed E-state index contributed by atoms with van der Waals surface area (Å²) in [6.45, 7) is 2.27. The van der Waals surface area contributed by atoms with Crippen LogP contribution in [0, 0.1) is 6.92 Å². The molecule has 3 rings (SSSR count). The van der Waals surface area contributed by atoms with Crippen LogP contribution in [0.25, 0.3) is 5.69 Å². The Morgan fingerprint density at radius 1 is 1.05 bits per heavy atom. The van der Waals surface area contributed by atoms with Gasteiger partial charge >= 0.3 is 5.69 Å². The number of hydrogen-bond donors (Lipinski definition) is 0. The number of ether oxygens (including phenoxy) is 1. The van der Waals surface area contributed by atoms with Gasteiger partial charge in [-0.15, -0.1) is 0 Å². The molecule has 2 aromatic carbocycles. The summed E-state index contributed by atoms with van der Waals surface area (Å²) < 4.78 is 8.23. The number of hydrogen-bond acceptors (Lipinski definition) is 3. The molecule has 0 aliphatic heterocycles. The van der Waals surface area contributed by atoms with Crippen LogP contribution in [-0.2, 0) is 6.54 Å². The number of aromatic nitrogens is 3. The first-order valence-corrected chi connectivity index (χ1v) is 7.04. The van der Waals surface area contributed by atoms with Crippen molar-refractivity contribution in [3.05, 3.63) is 76.5 Å². The smallest absolute Gasteiger partial charge is 0.350 e. The molecule has 0 amide bonds. The Morgan fingerprint density at radius 2 is 1.73 bits per heavy atom. The molecule has 0 unspecified atom stereocenters. The van der Waals surface area contributed by atoms with Crippen molar-refractivity contribution >= 4 is 0 Å². The lowest BCUT2D eigenvalue weighted by Gasteiger charge is -2.03. The minimum atomic E-state index is -0.139. The van der Waals surface area contributed by atoms with Crippen molar-refractivity contribution in [2.24, 2.45) is 0 Å². The van der Waals surface area contributed by atoms with Gasteiger partial charge in [-0.3, -0.25) is 0 Å². The van der Waals surface area contributed by atoms with Crippen molar-refractivity contribution in [2.75, 3.05) is 7.11 Å². The molecule has 0 aliphatic rings. The zero-order valence-corrected chi connectivity index (χ0v) is 12.6. The highest BCUT2D eigenvalue weighted by molar-refractivity contribution is 5.32. The Bertz CT molecular complexity index is 817. The van der Waals surface area contributed by atoms with E-state index in [4.69, 9.17) is 4.74 Å². The van der Waals surface area contributed by atoms with E-state index in [1.54, 1.807) is 11.7 Å². The van der Waals surface area contributed by atoms with E-state index < -0.39 is 0 Å². The van der Waals surface area contributed by atoms with Crippen molar-refractivity contribution in [1.29, 1.82) is 0 Å². The summed E-state index contributed by atoms with van der Waals surface area (Å²) in [4.78, 5) is 12.6. The quantitative estimate of drug-likeness (QED) is 0.742. The molecule has 0 saturated heterocycles. The molecular weight excluding hydrogens is 278 g/mol. The van der Waals surface area contributed by atoms with Crippen LogP contribution in [0.1, 0.15) is 11.4 Å². The second-order valence-electron chi connectivity index (χ2n) is 5.01. The molecule has 0 N–H and O–H groups in total. The first-order valence-electron chi connectivity index (χ1n) is 7.04. The highest BCUT2D eigenvalue weighted by atomic mass is 16.5. The Hall–Kier alpha value is -2.82. The van der Waals surface area contributed by atoms with Crippen LogP contribution in [-0.4, -0.2) is 21.5 Å². The second kappa shape index (κ2) is 5.89. The summed E-state index contributed by atoms with van der Waals surface area (Å²) in [7, 11) is 1.63. The lowest BCUT2D eigenvalue weighted by atomic mass is 10.2. The van der Waals surface area contributed by atoms with Crippen LogP contribution in [0.15, 0.2) is 59.4 Å². The molecule has 0 radical (unpaired) electrons. The fourth-order valence-electron chi connectivity index (χ4n) is 2.40. The third kappa shape index (κ3) is 2.65. The molecule has 5 nitrogen and oxygen atoms in total. The predicted octanol–water partition coefficient (Wildman–Crippen LogP) is 2.40. The van der Waals surface area contributed by atoms with E-state index in [2.05, 4.69) is 5.10 Å². The number of rotatable bonds is 4. The van der Waals surface area contributed by atoms with Gasteiger partial charge in [0.2, 0.25) is 0 Å². The largest absolute Gasteiger partial charge is 0.497 e. The van der Waals surface area contributed by atoms with E-state index in [-0.39, 0.29) is 5.69 Å². The van der Waals surface area contributed by atoms with Crippen molar-refractivity contribution < 1.29 is 4.74 Å². The molecule has 0 bridgehead atoms. The van der Waals surface area contributed by atoms with Gasteiger partial charge in [0.1, 0.15) is 11.6 Å². The van der Waals surface area contributed by atoms with Gasteiger partial charge in [0, 0.05) is 0 Å². The fraction of sp³-hybridized carbons (Fsp3) is 0.176. The van der Waals surface area contributed by atoms with Crippen LogP contribution >= 0.6 is 0 Å². The third-order valence-electron chi connectivity index (χ3n) is 3.51. The third-order valence-corrected chi connectivity index (χ3v) is 3.51. The minimum absolute atomic E-state index is 0.139. The zero-order valence-electron chi connectivity index (χ0n) is 12.6. The van der Waals surface area contributed by atoms with Crippen LogP contribution in [0.4, 0.5) is 0 Å². The maximum Gasteiger partial charge on any atom is 0.350 e. The van der Waals surface area contributed by atoms with Gasteiger partial charge in [-0.1, -0.05) is 30.3 Å². The summed E-state index contributed by atoms with van der Waals surface area (Å²) >= 11 is 0. The fourth-order valence-corrected chi connectivity index (χ4v) is 2.40. The van der Waals surface area contributed by atoms with Gasteiger partial charge in [-0.05, 0) is 36.8 Å². The topological polar surface area (TPSA) is 49.0 Å². The molecule has 22 heavy (non-hydrogen) atoms. The standard InChI is InChI=1S/C17H17N3O2/c1-13-18-19(12-14-8-10-16(22-2)11-9-14)17(21)20(13)15-6-4-3-5-7-15/h3-11H,12H2,1-2H3. The normalized spacial score (nSPS) is 10.6. The Balaban J connectivity index is 1.94. The van der Waals surface area contributed by atoms with Crippen molar-refractivity contribution in [1.82, 2.24) is 14.3 Å². The summed E-state index contributed by atoms with van der Waals surface area (Å²) in [6, 6.07) is 17.1. The second-order valence-corrected chi connectivity index (χ2v) is 5.01. The molecule has 1 heterocycles. The molecule has 0 saturated carbocycles. The van der Waals surface area contributed by atoms with Crippen LogP contribution in [0.5, 0.6) is 5.75 Å². The van der Waals surface area contributed by atoms with Crippen molar-refractivity contribution in [2.45, 2.75) is 13.5 Å². The number of aryl methyl sites for hydroxylation is 1. The molecule has 112 valence electrons. The minimum Gasteiger partial charge on any atom is -0.497 e. The molecule has 5 heteroatoms. The predicted molar refractivity (Wildman–Crippen MR) is 84.7 cm³/mol. The van der Waals surface area contributed by atoms with Crippen LogP contribution in [0.3, 0.4) is 0 Å². The Morgan fingerprint density at radius 3 is 2.36 bits per heavy atom. The number of nitrogens with zero attached hydrogens (tertiary/aromatic N) is 3. The van der Waals surface area contributed by atoms with E-state index in [1.807, 2.05) is 61.5 Å². The molecule has 1 aromatic heterocycles. The molecule has 0 aliphatic carbocycles. The van der Waals surface area contributed by atoms with Gasteiger partial charge in [0.25, 0.3) is 0 Å². The maximum atomic E-state index is 12.6. The van der Waals surface area contributed by atoms with E-state index in [0.29, 0.717) is 12.4 Å². The first kappa shape index (κ1) is 14.1. The molecule has 0 atom stereocenters. The summed E-state index contributed by atoms with van der Waals surface area (Å²) in [5.41, 5.74) is 1.69. The maximum absolute atomic E-state index is 12.6. The lowest BCUT2D eigenvalue weighted by Crippen LogP contribution is -2.24. The number of benzene rings is 2. The average molecular weight is 295 g/mol. The summed E-state index contributed by atoms with van der Waals surface area (Å²) in [5, 5.41) is 4.36. The Kier molecular flexibility index (Phi) is 3.78. The zero-order chi connectivity index (χ0) is 15.5. The van der Waals surface area contributed by atoms with Crippen molar-refractivity contribution in [3.63, 3.8) is 0 Å². The van der Waals surface area contributed by atoms with E-state index in [1.165, 1.54) is 4.68 Å². The molecule has 0 spiro atoms. The average Bonchev–Trinajstić information content (AvgIpc) is 2.83. The van der Waals surface area contributed by atoms with E-state index in [0.717, 1.165) is 17.0 Å². The number of para-hydroxylation sites is 1. The SMILES string of the molecule is COc1ccc(Cn2nc(C)n(-c3ccccc3)c2=O)cc1. The Labute approximate surface area is 128 Å². The van der Waals surface area contributed by atoms with E-state index in [9.17, 15) is 4.79 Å². The molecular formula is C17H17N3O2. The van der Waals surface area contributed by atoms with Gasteiger partial charge in [-0.25, -0.2) is 14.0 Å². The lowest BCUT2D eigenvalue weighted by molar-refractivity contribution is 0.414. The highest BCUT2D eigenvalue weighted by Crippen LogP contribution is 2.12. The molecule has 0 fully saturated rings. The molecule has 3 aromatic rings. The van der Waals surface area contributed by atoms with Gasteiger partial charge in [0.15, 0.2) is 0 Å². The monoisotopic (exact) mass is 295 g/mol. The first-order chi connectivity index (χ1) is 10.7. The van der Waals surface area contributed by atoms with Crippen LogP contribution in [0.2, 0.25) is 0 Å². The highest BCUT2D eigenvalue weighted by Gasteiger charge is 2.11. The van der Waals surface area contributed by atoms with Gasteiger partial charge < -0.3 is 4.74 Å². The summed E-state index contributed by atoms with van der Waals surface area (Å²) in [6.07, 6.45) is 0. The summed E-state index contributed by atoms with van der Waals surface area (Å²) in [5.74, 6) is 1.46. The van der Waals surface area contributed by atoms with E-state index >= 15 is 0 Å². The van der Waals surface area contributed by atoms with Gasteiger partial charge in [0.05, 0.1) is 19.3 Å². The van der Waals surface area contributed by atoms with Crippen molar-refractivity contribution in [3.8, 4) is 11.4 Å². The van der Waals surface area contributed by atoms with Gasteiger partial charge in [-0.2, -0.15) is 5.10 Å². The van der Waals surface area contributed by atoms with Crippen LogP contribution < -0.4 is 10.4 Å². The number of methoxy groups -OCH3 is 1.